The number of aliphatic hydroxyl groups is 2. The van der Waals surface area contributed by atoms with E-state index in [9.17, 15) is 45.4 Å². The maximum absolute atomic E-state index is 12.4. The maximum Gasteiger partial charge on any atom is 0.433 e. The fourth-order valence-corrected chi connectivity index (χ4v) is 2.87. The number of carboxylic acids is 1. The van der Waals surface area contributed by atoms with Crippen LogP contribution >= 0.6 is 0 Å². The van der Waals surface area contributed by atoms with Gasteiger partial charge in [-0.1, -0.05) is 49.9 Å². The topological polar surface area (TPSA) is 130 Å². The number of aromatic nitrogens is 2. The second-order valence-electron chi connectivity index (χ2n) is 7.97. The van der Waals surface area contributed by atoms with Gasteiger partial charge in [0.25, 0.3) is 0 Å². The van der Waals surface area contributed by atoms with Crippen molar-refractivity contribution in [2.24, 2.45) is 0 Å². The van der Waals surface area contributed by atoms with Gasteiger partial charge >= 0.3 is 24.3 Å². The Morgan fingerprint density at radius 1 is 0.810 bits per heavy atom. The van der Waals surface area contributed by atoms with Crippen molar-refractivity contribution in [1.29, 1.82) is 0 Å². The Kier molecular flexibility index (Phi) is 15.1. The average Bonchev–Trinajstić information content (AvgIpc) is 2.92. The van der Waals surface area contributed by atoms with Crippen LogP contribution in [0.25, 0.3) is 0 Å². The zero-order valence-electron chi connectivity index (χ0n) is 21.9. The van der Waals surface area contributed by atoms with Gasteiger partial charge in [0.2, 0.25) is 0 Å². The first-order valence-electron chi connectivity index (χ1n) is 12.0. The molecule has 15 heteroatoms. The number of carbonyl (C=O) groups excluding carboxylic acids is 1. The van der Waals surface area contributed by atoms with E-state index in [0.717, 1.165) is 36.2 Å². The van der Waals surface area contributed by atoms with Gasteiger partial charge < -0.3 is 20.1 Å². The number of carbonyl (C=O) groups is 2. The minimum atomic E-state index is -4.52. The van der Waals surface area contributed by atoms with Crippen LogP contribution in [-0.4, -0.2) is 56.6 Å². The highest BCUT2D eigenvalue weighted by atomic mass is 19.4. The van der Waals surface area contributed by atoms with Gasteiger partial charge in [-0.3, -0.25) is 14.4 Å². The SMILES string of the molecule is C.O=C(O)[C@H](O)Cc1ccc(C(F)(F)F)nc1.O=C(OCc1ccccc1)[C@H](O)Cc1ccc(C(F)(F)F)nc1.[2H]CF. The van der Waals surface area contributed by atoms with Crippen molar-refractivity contribution < 1.29 is 61.7 Å². The average molecular weight is 612 g/mol. The third-order valence-corrected chi connectivity index (χ3v) is 4.87. The van der Waals surface area contributed by atoms with Crippen LogP contribution in [0.15, 0.2) is 67.0 Å². The van der Waals surface area contributed by atoms with Crippen molar-refractivity contribution in [1.82, 2.24) is 9.97 Å². The fourth-order valence-electron chi connectivity index (χ4n) is 2.87. The summed E-state index contributed by atoms with van der Waals surface area (Å²) in [6, 6.07) is 12.7. The predicted molar refractivity (Wildman–Crippen MR) is 136 cm³/mol. The van der Waals surface area contributed by atoms with Crippen LogP contribution < -0.4 is 0 Å². The number of alkyl halides is 7. The lowest BCUT2D eigenvalue weighted by molar-refractivity contribution is -0.155. The molecule has 1 aromatic carbocycles. The molecule has 0 saturated carbocycles. The van der Waals surface area contributed by atoms with Gasteiger partial charge in [0.15, 0.2) is 12.2 Å². The van der Waals surface area contributed by atoms with Crippen molar-refractivity contribution in [2.75, 3.05) is 7.15 Å². The van der Waals surface area contributed by atoms with Gasteiger partial charge in [-0.15, -0.1) is 0 Å². The predicted octanol–water partition coefficient (Wildman–Crippen LogP) is 5.06. The van der Waals surface area contributed by atoms with E-state index in [2.05, 4.69) is 9.97 Å². The molecule has 2 heterocycles. The lowest BCUT2D eigenvalue weighted by Crippen LogP contribution is -2.25. The summed E-state index contributed by atoms with van der Waals surface area (Å²) in [7, 11) is -1.00. The lowest BCUT2D eigenvalue weighted by atomic mass is 10.1. The fraction of sp³-hybridized carbons (Fsp3) is 0.333. The van der Waals surface area contributed by atoms with Crippen LogP contribution in [0.2, 0.25) is 0 Å². The lowest BCUT2D eigenvalue weighted by Gasteiger charge is -2.11. The zero-order valence-corrected chi connectivity index (χ0v) is 20.9. The van der Waals surface area contributed by atoms with E-state index < -0.39 is 55.0 Å². The first-order valence-corrected chi connectivity index (χ1v) is 11.3. The highest BCUT2D eigenvalue weighted by Crippen LogP contribution is 2.28. The monoisotopic (exact) mass is 611 g/mol. The van der Waals surface area contributed by atoms with Gasteiger partial charge in [-0.25, -0.2) is 9.59 Å². The number of esters is 1. The largest absolute Gasteiger partial charge is 0.479 e. The van der Waals surface area contributed by atoms with E-state index in [-0.39, 0.29) is 32.4 Å². The molecule has 2 atom stereocenters. The molecule has 0 fully saturated rings. The molecule has 8 nitrogen and oxygen atoms in total. The normalized spacial score (nSPS) is 12.5. The Balaban J connectivity index is 0.000000774. The van der Waals surface area contributed by atoms with E-state index in [4.69, 9.17) is 16.3 Å². The molecule has 0 bridgehead atoms. The second-order valence-corrected chi connectivity index (χ2v) is 7.97. The molecular formula is C27H29F7N2O6. The minimum Gasteiger partial charge on any atom is -0.479 e. The number of aliphatic carboxylic acids is 1. The van der Waals surface area contributed by atoms with E-state index in [1.54, 1.807) is 24.3 Å². The van der Waals surface area contributed by atoms with Crippen LogP contribution in [0.1, 0.15) is 36.9 Å². The Hall–Kier alpha value is -4.11. The molecule has 0 amide bonds. The standard InChI is InChI=1S/C16H14F3NO3.C9H8F3NO3.CH3F.CH4/c17-16(18,19)14-7-6-12(9-20-14)8-13(21)15(22)23-10-11-4-2-1-3-5-11;10-9(11,12)7-2-1-5(4-13-7)3-6(14)8(15)16;1-2;/h1-7,9,13,21H,8,10H2;1-2,4,6,14H,3H2,(H,15,16);1H3;1H4/t13-;6-;;/m11../s1/i;;1D;. The molecule has 3 rings (SSSR count). The number of hydrogen-bond acceptors (Lipinski definition) is 7. The quantitative estimate of drug-likeness (QED) is 0.238. The summed E-state index contributed by atoms with van der Waals surface area (Å²) in [5.74, 6) is -2.27. The summed E-state index contributed by atoms with van der Waals surface area (Å²) in [5.41, 5.74) is -0.780. The van der Waals surface area contributed by atoms with Crippen molar-refractivity contribution in [2.45, 2.75) is 51.4 Å². The highest BCUT2D eigenvalue weighted by Gasteiger charge is 2.33. The Bertz CT molecular complexity index is 1230. The van der Waals surface area contributed by atoms with E-state index >= 15 is 0 Å². The first kappa shape index (κ1) is 35.9. The molecule has 0 aliphatic carbocycles. The Labute approximate surface area is 237 Å². The molecule has 3 aromatic rings. The van der Waals surface area contributed by atoms with Gasteiger partial charge in [0, 0.05) is 25.2 Å². The van der Waals surface area contributed by atoms with Crippen molar-refractivity contribution in [3.8, 4) is 0 Å². The Morgan fingerprint density at radius 3 is 1.60 bits per heavy atom. The maximum atomic E-state index is 12.4. The summed E-state index contributed by atoms with van der Waals surface area (Å²) in [5, 5.41) is 27.1. The molecule has 0 aliphatic rings. The summed E-state index contributed by atoms with van der Waals surface area (Å²) in [6.45, 7) is 0.0159. The molecular weight excluding hydrogens is 581 g/mol. The van der Waals surface area contributed by atoms with Crippen LogP contribution in [0, 0.1) is 0 Å². The number of nitrogens with zero attached hydrogens (tertiary/aromatic N) is 2. The second kappa shape index (κ2) is 17.6. The van der Waals surface area contributed by atoms with E-state index in [1.165, 1.54) is 6.07 Å². The number of carboxylic acid groups (broad SMARTS) is 1. The third-order valence-electron chi connectivity index (χ3n) is 4.87. The number of hydrogen-bond donors (Lipinski definition) is 3. The van der Waals surface area contributed by atoms with Gasteiger partial charge in [-0.2, -0.15) is 26.3 Å². The van der Waals surface area contributed by atoms with Crippen molar-refractivity contribution in [3.05, 3.63) is 95.1 Å². The number of rotatable bonds is 8. The van der Waals surface area contributed by atoms with E-state index in [1.807, 2.05) is 6.07 Å². The summed E-state index contributed by atoms with van der Waals surface area (Å²) in [4.78, 5) is 28.4. The summed E-state index contributed by atoms with van der Waals surface area (Å²) in [6.07, 6.45) is -10.7. The molecule has 0 unspecified atom stereocenters. The van der Waals surface area contributed by atoms with Gasteiger partial charge in [0.05, 0.1) is 8.52 Å². The van der Waals surface area contributed by atoms with Crippen LogP contribution in [-0.2, 0) is 46.1 Å². The van der Waals surface area contributed by atoms with Crippen LogP contribution in [0.3, 0.4) is 0 Å². The third kappa shape index (κ3) is 13.5. The van der Waals surface area contributed by atoms with E-state index in [0.29, 0.717) is 5.56 Å². The molecule has 0 aliphatic heterocycles. The number of pyridine rings is 2. The van der Waals surface area contributed by atoms with Crippen LogP contribution in [0.5, 0.6) is 0 Å². The number of halogens is 7. The molecule has 0 saturated heterocycles. The zero-order chi connectivity index (χ0) is 31.9. The van der Waals surface area contributed by atoms with Crippen molar-refractivity contribution in [3.63, 3.8) is 0 Å². The molecule has 0 radical (unpaired) electrons. The van der Waals surface area contributed by atoms with Gasteiger partial charge in [0.1, 0.15) is 18.0 Å². The molecule has 42 heavy (non-hydrogen) atoms. The molecule has 3 N–H and O–H groups in total. The molecule has 2 aromatic heterocycles. The highest BCUT2D eigenvalue weighted by molar-refractivity contribution is 5.74. The first-order chi connectivity index (χ1) is 19.6. The number of aliphatic hydroxyl groups excluding tert-OH is 2. The summed E-state index contributed by atoms with van der Waals surface area (Å²) < 4.78 is 93.9. The molecule has 0 spiro atoms. The molecule has 232 valence electrons. The number of ether oxygens (including phenoxy) is 1. The Morgan fingerprint density at radius 2 is 1.24 bits per heavy atom. The van der Waals surface area contributed by atoms with Crippen LogP contribution in [0.4, 0.5) is 30.7 Å². The van der Waals surface area contributed by atoms with Gasteiger partial charge in [-0.05, 0) is 28.8 Å². The summed E-state index contributed by atoms with van der Waals surface area (Å²) >= 11 is 0. The smallest absolute Gasteiger partial charge is 0.433 e. The number of benzene rings is 1. The van der Waals surface area contributed by atoms with Crippen molar-refractivity contribution >= 4 is 11.9 Å². The minimum absolute atomic E-state index is 0.